The van der Waals surface area contributed by atoms with Crippen LogP contribution in [0.4, 0.5) is 0 Å². The molecule has 0 fully saturated rings. The Morgan fingerprint density at radius 3 is 2.65 bits per heavy atom. The Kier molecular flexibility index (Phi) is 4.39. The van der Waals surface area contributed by atoms with Gasteiger partial charge in [0.1, 0.15) is 12.4 Å². The van der Waals surface area contributed by atoms with Crippen LogP contribution in [0.3, 0.4) is 0 Å². The number of pyridine rings is 3. The van der Waals surface area contributed by atoms with E-state index in [0.29, 0.717) is 16.5 Å². The molecule has 6 heteroatoms. The zero-order valence-electron chi connectivity index (χ0n) is 12.4. The molecule has 0 spiro atoms. The molecule has 0 unspecified atom stereocenters. The van der Waals surface area contributed by atoms with Crippen molar-refractivity contribution in [2.24, 2.45) is 0 Å². The summed E-state index contributed by atoms with van der Waals surface area (Å²) in [6, 6.07) is 10.4. The molecule has 0 aliphatic heterocycles. The van der Waals surface area contributed by atoms with E-state index in [1.54, 1.807) is 36.8 Å². The molecule has 0 aromatic carbocycles. The van der Waals surface area contributed by atoms with E-state index in [-0.39, 0.29) is 12.2 Å². The maximum absolute atomic E-state index is 12.2. The Balaban J connectivity index is 1.75. The predicted molar refractivity (Wildman–Crippen MR) is 88.2 cm³/mol. The van der Waals surface area contributed by atoms with Gasteiger partial charge in [-0.25, -0.2) is 0 Å². The van der Waals surface area contributed by atoms with E-state index >= 15 is 0 Å². The number of rotatable bonds is 4. The second-order valence-electron chi connectivity index (χ2n) is 4.98. The number of aryl methyl sites for hydroxylation is 1. The molecule has 3 aromatic rings. The highest BCUT2D eigenvalue weighted by Gasteiger charge is 2.03. The molecule has 0 atom stereocenters. The SMILES string of the molecule is Cc1ccc(-n2ccc(OCc3ccc(Cl)cn3)cc2=O)cn1. The molecule has 0 amide bonds. The number of halogens is 1. The van der Waals surface area contributed by atoms with Crippen molar-refractivity contribution in [1.29, 1.82) is 0 Å². The molecule has 3 heterocycles. The van der Waals surface area contributed by atoms with E-state index in [9.17, 15) is 4.79 Å². The zero-order chi connectivity index (χ0) is 16.2. The van der Waals surface area contributed by atoms with Gasteiger partial charge in [0.25, 0.3) is 5.56 Å². The van der Waals surface area contributed by atoms with E-state index in [1.807, 2.05) is 19.1 Å². The highest BCUT2D eigenvalue weighted by atomic mass is 35.5. The average Bonchev–Trinajstić information content (AvgIpc) is 2.55. The van der Waals surface area contributed by atoms with Crippen molar-refractivity contribution in [2.45, 2.75) is 13.5 Å². The quantitative estimate of drug-likeness (QED) is 0.738. The largest absolute Gasteiger partial charge is 0.487 e. The lowest BCUT2D eigenvalue weighted by Gasteiger charge is -2.08. The zero-order valence-corrected chi connectivity index (χ0v) is 13.2. The Morgan fingerprint density at radius 2 is 2.00 bits per heavy atom. The minimum atomic E-state index is -0.183. The molecule has 3 rings (SSSR count). The monoisotopic (exact) mass is 327 g/mol. The molecular weight excluding hydrogens is 314 g/mol. The first-order valence-electron chi connectivity index (χ1n) is 7.01. The Labute approximate surface area is 138 Å². The summed E-state index contributed by atoms with van der Waals surface area (Å²) in [5.74, 6) is 0.489. The minimum absolute atomic E-state index is 0.183. The van der Waals surface area contributed by atoms with Gasteiger partial charge in [-0.2, -0.15) is 0 Å². The number of hydrogen-bond donors (Lipinski definition) is 0. The van der Waals surface area contributed by atoms with E-state index in [1.165, 1.54) is 10.6 Å². The van der Waals surface area contributed by atoms with Crippen LogP contribution in [0.25, 0.3) is 5.69 Å². The smallest absolute Gasteiger partial charge is 0.258 e. The van der Waals surface area contributed by atoms with Crippen molar-refractivity contribution < 1.29 is 4.74 Å². The Morgan fingerprint density at radius 1 is 1.13 bits per heavy atom. The second-order valence-corrected chi connectivity index (χ2v) is 5.42. The predicted octanol–water partition coefficient (Wildman–Crippen LogP) is 3.17. The topological polar surface area (TPSA) is 57.0 Å². The van der Waals surface area contributed by atoms with E-state index in [0.717, 1.165) is 11.4 Å². The van der Waals surface area contributed by atoms with E-state index in [2.05, 4.69) is 9.97 Å². The molecule has 0 radical (unpaired) electrons. The molecular formula is C17H14ClN3O2. The molecule has 0 aliphatic rings. The third-order valence-corrected chi connectivity index (χ3v) is 3.46. The third kappa shape index (κ3) is 3.76. The summed E-state index contributed by atoms with van der Waals surface area (Å²) in [6.45, 7) is 2.17. The molecule has 0 saturated heterocycles. The lowest BCUT2D eigenvalue weighted by atomic mass is 10.3. The minimum Gasteiger partial charge on any atom is -0.487 e. The summed E-state index contributed by atoms with van der Waals surface area (Å²) in [7, 11) is 0. The van der Waals surface area contributed by atoms with Gasteiger partial charge in [0, 0.05) is 24.2 Å². The van der Waals surface area contributed by atoms with Crippen LogP contribution >= 0.6 is 11.6 Å². The maximum atomic E-state index is 12.2. The first-order valence-corrected chi connectivity index (χ1v) is 7.38. The number of ether oxygens (including phenoxy) is 1. The number of hydrogen-bond acceptors (Lipinski definition) is 4. The second kappa shape index (κ2) is 6.62. The van der Waals surface area contributed by atoms with Crippen LogP contribution in [-0.2, 0) is 6.61 Å². The highest BCUT2D eigenvalue weighted by Crippen LogP contribution is 2.12. The van der Waals surface area contributed by atoms with Gasteiger partial charge in [-0.15, -0.1) is 0 Å². The summed E-state index contributed by atoms with van der Waals surface area (Å²) in [5.41, 5.74) is 2.17. The van der Waals surface area contributed by atoms with Gasteiger partial charge in [-0.05, 0) is 37.3 Å². The number of nitrogens with zero attached hydrogens (tertiary/aromatic N) is 3. The molecule has 0 saturated carbocycles. The molecule has 23 heavy (non-hydrogen) atoms. The van der Waals surface area contributed by atoms with E-state index < -0.39 is 0 Å². The van der Waals surface area contributed by atoms with Crippen LogP contribution in [0.2, 0.25) is 5.02 Å². The molecule has 0 bridgehead atoms. The van der Waals surface area contributed by atoms with Crippen molar-refractivity contribution in [2.75, 3.05) is 0 Å². The highest BCUT2D eigenvalue weighted by molar-refractivity contribution is 6.30. The first-order chi connectivity index (χ1) is 11.1. The maximum Gasteiger partial charge on any atom is 0.258 e. The molecule has 3 aromatic heterocycles. The average molecular weight is 328 g/mol. The van der Waals surface area contributed by atoms with Gasteiger partial charge in [-0.3, -0.25) is 19.3 Å². The van der Waals surface area contributed by atoms with Crippen molar-refractivity contribution in [3.8, 4) is 11.4 Å². The number of aromatic nitrogens is 3. The van der Waals surface area contributed by atoms with Crippen molar-refractivity contribution in [3.05, 3.63) is 81.8 Å². The fraction of sp³-hybridized carbons (Fsp3) is 0.118. The summed E-state index contributed by atoms with van der Waals surface area (Å²) < 4.78 is 7.10. The summed E-state index contributed by atoms with van der Waals surface area (Å²) in [4.78, 5) is 20.5. The van der Waals surface area contributed by atoms with Gasteiger partial charge in [0.05, 0.1) is 22.6 Å². The van der Waals surface area contributed by atoms with Crippen LogP contribution in [0.1, 0.15) is 11.4 Å². The lowest BCUT2D eigenvalue weighted by Crippen LogP contribution is -2.17. The van der Waals surface area contributed by atoms with E-state index in [4.69, 9.17) is 16.3 Å². The van der Waals surface area contributed by atoms with Gasteiger partial charge in [-0.1, -0.05) is 11.6 Å². The first kappa shape index (κ1) is 15.2. The van der Waals surface area contributed by atoms with Gasteiger partial charge in [0.2, 0.25) is 0 Å². The summed E-state index contributed by atoms with van der Waals surface area (Å²) in [6.07, 6.45) is 4.89. The summed E-state index contributed by atoms with van der Waals surface area (Å²) in [5, 5.41) is 0.572. The van der Waals surface area contributed by atoms with Crippen LogP contribution in [0, 0.1) is 6.92 Å². The van der Waals surface area contributed by atoms with Gasteiger partial charge in [0.15, 0.2) is 0 Å². The summed E-state index contributed by atoms with van der Waals surface area (Å²) >= 11 is 5.78. The Hall–Kier alpha value is -2.66. The van der Waals surface area contributed by atoms with Crippen molar-refractivity contribution in [1.82, 2.24) is 14.5 Å². The molecule has 116 valence electrons. The van der Waals surface area contributed by atoms with Crippen molar-refractivity contribution >= 4 is 11.6 Å². The standard InChI is InChI=1S/C17H14ClN3O2/c1-12-2-5-15(10-19-12)21-7-6-16(8-17(21)22)23-11-14-4-3-13(18)9-20-14/h2-10H,11H2,1H3. The van der Waals surface area contributed by atoms with Gasteiger partial charge >= 0.3 is 0 Å². The van der Waals surface area contributed by atoms with Crippen LogP contribution in [0.15, 0.2) is 59.8 Å². The van der Waals surface area contributed by atoms with Gasteiger partial charge < -0.3 is 4.74 Å². The van der Waals surface area contributed by atoms with Crippen LogP contribution in [0.5, 0.6) is 5.75 Å². The molecule has 0 aliphatic carbocycles. The molecule has 0 N–H and O–H groups in total. The fourth-order valence-electron chi connectivity index (χ4n) is 2.02. The van der Waals surface area contributed by atoms with Crippen LogP contribution < -0.4 is 10.3 Å². The van der Waals surface area contributed by atoms with Crippen LogP contribution in [-0.4, -0.2) is 14.5 Å². The third-order valence-electron chi connectivity index (χ3n) is 3.24. The molecule has 5 nitrogen and oxygen atoms in total. The lowest BCUT2D eigenvalue weighted by molar-refractivity contribution is 0.300. The van der Waals surface area contributed by atoms with Crippen molar-refractivity contribution in [3.63, 3.8) is 0 Å². The normalized spacial score (nSPS) is 10.5. The Bertz CT molecular complexity index is 858. The fourth-order valence-corrected chi connectivity index (χ4v) is 2.13.